The van der Waals surface area contributed by atoms with Crippen LogP contribution >= 0.6 is 0 Å². The first-order valence-corrected chi connectivity index (χ1v) is 8.65. The molecule has 0 atom stereocenters. The number of piperazine rings is 1. The van der Waals surface area contributed by atoms with E-state index in [0.29, 0.717) is 5.92 Å². The molecule has 4 rings (SSSR count). The maximum absolute atomic E-state index is 12.6. The molecule has 1 aromatic heterocycles. The van der Waals surface area contributed by atoms with E-state index in [1.54, 1.807) is 0 Å². The molecule has 1 aliphatic heterocycles. The summed E-state index contributed by atoms with van der Waals surface area (Å²) in [7, 11) is 0. The van der Waals surface area contributed by atoms with Crippen molar-refractivity contribution < 1.29 is 4.79 Å². The largest absolute Gasteiger partial charge is 0.352 e. The number of hydrogen-bond acceptors (Lipinski definition) is 4. The second-order valence-electron chi connectivity index (χ2n) is 6.74. The third-order valence-electron chi connectivity index (χ3n) is 4.86. The van der Waals surface area contributed by atoms with Gasteiger partial charge in [-0.2, -0.15) is 5.10 Å². The fourth-order valence-corrected chi connectivity index (χ4v) is 3.12. The van der Waals surface area contributed by atoms with Crippen LogP contribution in [0, 0.1) is 6.92 Å². The molecule has 0 N–H and O–H groups in total. The Labute approximate surface area is 142 Å². The molecule has 0 radical (unpaired) electrons. The highest BCUT2D eigenvalue weighted by atomic mass is 16.2. The Morgan fingerprint density at radius 2 is 1.67 bits per heavy atom. The van der Waals surface area contributed by atoms with Crippen molar-refractivity contribution in [3.05, 3.63) is 53.2 Å². The van der Waals surface area contributed by atoms with E-state index >= 15 is 0 Å². The van der Waals surface area contributed by atoms with Crippen LogP contribution in [0.25, 0.3) is 0 Å². The van der Waals surface area contributed by atoms with Crippen LogP contribution in [-0.2, 0) is 0 Å². The average Bonchev–Trinajstić information content (AvgIpc) is 3.47. The summed E-state index contributed by atoms with van der Waals surface area (Å²) in [5.74, 6) is 1.67. The second-order valence-corrected chi connectivity index (χ2v) is 6.74. The molecule has 2 fully saturated rings. The van der Waals surface area contributed by atoms with E-state index in [-0.39, 0.29) is 5.91 Å². The smallest absolute Gasteiger partial charge is 0.253 e. The lowest BCUT2D eigenvalue weighted by molar-refractivity contribution is 0.0746. The number of rotatable bonds is 3. The SMILES string of the molecule is Cc1ccc(C(=O)N2CCN(c3ccc(C4CC4)nn3)CC2)cc1. The fraction of sp³-hybridized carbons (Fsp3) is 0.421. The summed E-state index contributed by atoms with van der Waals surface area (Å²) in [6.45, 7) is 5.07. The Kier molecular flexibility index (Phi) is 3.92. The summed E-state index contributed by atoms with van der Waals surface area (Å²) in [4.78, 5) is 16.7. The van der Waals surface area contributed by atoms with Crippen LogP contribution in [0.4, 0.5) is 5.82 Å². The van der Waals surface area contributed by atoms with Gasteiger partial charge in [0.05, 0.1) is 5.69 Å². The summed E-state index contributed by atoms with van der Waals surface area (Å²) >= 11 is 0. The number of carbonyl (C=O) groups excluding carboxylic acids is 1. The van der Waals surface area contributed by atoms with Gasteiger partial charge in [0.25, 0.3) is 5.91 Å². The zero-order valence-electron chi connectivity index (χ0n) is 14.0. The van der Waals surface area contributed by atoms with Crippen molar-refractivity contribution in [3.63, 3.8) is 0 Å². The van der Waals surface area contributed by atoms with Gasteiger partial charge >= 0.3 is 0 Å². The molecule has 2 aliphatic rings. The normalized spacial score (nSPS) is 17.9. The van der Waals surface area contributed by atoms with Gasteiger partial charge in [0.2, 0.25) is 0 Å². The van der Waals surface area contributed by atoms with Crippen molar-refractivity contribution >= 4 is 11.7 Å². The summed E-state index contributed by atoms with van der Waals surface area (Å²) in [5.41, 5.74) is 3.05. The maximum atomic E-state index is 12.6. The van der Waals surface area contributed by atoms with Crippen molar-refractivity contribution in [3.8, 4) is 0 Å². The van der Waals surface area contributed by atoms with Gasteiger partial charge in [-0.15, -0.1) is 5.10 Å². The Morgan fingerprint density at radius 3 is 2.25 bits per heavy atom. The van der Waals surface area contributed by atoms with Gasteiger partial charge in [0, 0.05) is 37.7 Å². The van der Waals surface area contributed by atoms with Crippen LogP contribution in [0.2, 0.25) is 0 Å². The monoisotopic (exact) mass is 322 g/mol. The predicted octanol–water partition coefficient (Wildman–Crippen LogP) is 2.62. The van der Waals surface area contributed by atoms with Crippen LogP contribution in [0.15, 0.2) is 36.4 Å². The summed E-state index contributed by atoms with van der Waals surface area (Å²) < 4.78 is 0. The minimum atomic E-state index is 0.116. The van der Waals surface area contributed by atoms with E-state index in [1.807, 2.05) is 36.1 Å². The maximum Gasteiger partial charge on any atom is 0.253 e. The van der Waals surface area contributed by atoms with E-state index in [2.05, 4.69) is 27.2 Å². The van der Waals surface area contributed by atoms with Crippen molar-refractivity contribution in [2.75, 3.05) is 31.1 Å². The van der Waals surface area contributed by atoms with Gasteiger partial charge < -0.3 is 9.80 Å². The first-order chi connectivity index (χ1) is 11.7. The Bertz CT molecular complexity index is 714. The molecule has 24 heavy (non-hydrogen) atoms. The fourth-order valence-electron chi connectivity index (χ4n) is 3.12. The lowest BCUT2D eigenvalue weighted by Gasteiger charge is -2.35. The second kappa shape index (κ2) is 6.23. The lowest BCUT2D eigenvalue weighted by Crippen LogP contribution is -2.49. The van der Waals surface area contributed by atoms with Crippen molar-refractivity contribution in [1.29, 1.82) is 0 Å². The minimum Gasteiger partial charge on any atom is -0.352 e. The van der Waals surface area contributed by atoms with Gasteiger partial charge in [-0.3, -0.25) is 4.79 Å². The molecule has 1 aliphatic carbocycles. The number of aryl methyl sites for hydroxylation is 1. The third kappa shape index (κ3) is 3.11. The quantitative estimate of drug-likeness (QED) is 0.871. The number of anilines is 1. The molecular formula is C19H22N4O. The molecular weight excluding hydrogens is 300 g/mol. The molecule has 1 amide bonds. The Morgan fingerprint density at radius 1 is 0.958 bits per heavy atom. The number of benzene rings is 1. The number of amides is 1. The first-order valence-electron chi connectivity index (χ1n) is 8.65. The lowest BCUT2D eigenvalue weighted by atomic mass is 10.1. The van der Waals surface area contributed by atoms with Crippen LogP contribution in [0.1, 0.15) is 40.4 Å². The molecule has 2 aromatic rings. The number of carbonyl (C=O) groups is 1. The van der Waals surface area contributed by atoms with Crippen molar-refractivity contribution in [2.45, 2.75) is 25.7 Å². The van der Waals surface area contributed by atoms with E-state index in [1.165, 1.54) is 18.4 Å². The van der Waals surface area contributed by atoms with Crippen LogP contribution in [0.3, 0.4) is 0 Å². The molecule has 1 saturated carbocycles. The zero-order valence-corrected chi connectivity index (χ0v) is 14.0. The molecule has 0 spiro atoms. The number of hydrogen-bond donors (Lipinski definition) is 0. The van der Waals surface area contributed by atoms with Gasteiger partial charge in [-0.25, -0.2) is 0 Å². The van der Waals surface area contributed by atoms with Crippen molar-refractivity contribution in [1.82, 2.24) is 15.1 Å². The Hall–Kier alpha value is -2.43. The third-order valence-corrected chi connectivity index (χ3v) is 4.86. The van der Waals surface area contributed by atoms with Crippen LogP contribution < -0.4 is 4.90 Å². The van der Waals surface area contributed by atoms with Crippen molar-refractivity contribution in [2.24, 2.45) is 0 Å². The predicted molar refractivity (Wildman–Crippen MR) is 93.3 cm³/mol. The van der Waals surface area contributed by atoms with E-state index in [4.69, 9.17) is 0 Å². The molecule has 1 saturated heterocycles. The highest BCUT2D eigenvalue weighted by Crippen LogP contribution is 2.38. The number of aromatic nitrogens is 2. The molecule has 0 bridgehead atoms. The molecule has 2 heterocycles. The first kappa shape index (κ1) is 15.1. The summed E-state index contributed by atoms with van der Waals surface area (Å²) in [6, 6.07) is 12.0. The van der Waals surface area contributed by atoms with Gasteiger partial charge in [-0.05, 0) is 44.0 Å². The van der Waals surface area contributed by atoms with E-state index < -0.39 is 0 Å². The molecule has 5 nitrogen and oxygen atoms in total. The molecule has 0 unspecified atom stereocenters. The van der Waals surface area contributed by atoms with Gasteiger partial charge in [-0.1, -0.05) is 17.7 Å². The number of nitrogens with zero attached hydrogens (tertiary/aromatic N) is 4. The molecule has 1 aromatic carbocycles. The van der Waals surface area contributed by atoms with Gasteiger partial charge in [0.15, 0.2) is 5.82 Å². The van der Waals surface area contributed by atoms with E-state index in [0.717, 1.165) is 43.3 Å². The topological polar surface area (TPSA) is 49.3 Å². The standard InChI is InChI=1S/C19H22N4O/c1-14-2-4-16(5-3-14)19(24)23-12-10-22(11-13-23)18-9-8-17(20-21-18)15-6-7-15/h2-5,8-9,15H,6-7,10-13H2,1H3. The molecule has 124 valence electrons. The molecule has 5 heteroatoms. The highest BCUT2D eigenvalue weighted by Gasteiger charge is 2.26. The van der Waals surface area contributed by atoms with E-state index in [9.17, 15) is 4.79 Å². The highest BCUT2D eigenvalue weighted by molar-refractivity contribution is 5.94. The zero-order chi connectivity index (χ0) is 16.5. The Balaban J connectivity index is 1.37. The summed E-state index contributed by atoms with van der Waals surface area (Å²) in [6.07, 6.45) is 2.49. The minimum absolute atomic E-state index is 0.116. The van der Waals surface area contributed by atoms with Crippen LogP contribution in [-0.4, -0.2) is 47.2 Å². The average molecular weight is 322 g/mol. The van der Waals surface area contributed by atoms with Crippen LogP contribution in [0.5, 0.6) is 0 Å². The summed E-state index contributed by atoms with van der Waals surface area (Å²) in [5, 5.41) is 8.73. The van der Waals surface area contributed by atoms with Gasteiger partial charge in [0.1, 0.15) is 0 Å².